The third-order valence-electron chi connectivity index (χ3n) is 8.46. The molecule has 0 unspecified atom stereocenters. The van der Waals surface area contributed by atoms with Crippen molar-refractivity contribution >= 4 is 28.0 Å². The molecule has 0 amide bonds. The van der Waals surface area contributed by atoms with Crippen molar-refractivity contribution in [2.45, 2.75) is 71.6 Å². The molecule has 1 nitrogen and oxygen atoms in total. The van der Waals surface area contributed by atoms with Crippen LogP contribution in [0, 0.1) is 0 Å². The van der Waals surface area contributed by atoms with E-state index in [0.717, 1.165) is 38.5 Å². The maximum Gasteiger partial charge on any atom is 0.0458 e. The summed E-state index contributed by atoms with van der Waals surface area (Å²) in [6, 6.07) is 26.6. The lowest BCUT2D eigenvalue weighted by Crippen LogP contribution is -2.04. The van der Waals surface area contributed by atoms with Gasteiger partial charge in [0.05, 0.1) is 0 Å². The van der Waals surface area contributed by atoms with Gasteiger partial charge in [-0.15, -0.1) is 0 Å². The Labute approximate surface area is 253 Å². The van der Waals surface area contributed by atoms with Crippen LogP contribution in [0.4, 0.5) is 5.69 Å². The smallest absolute Gasteiger partial charge is 0.0458 e. The minimum atomic E-state index is 0.903. The van der Waals surface area contributed by atoms with E-state index in [4.69, 9.17) is 0 Å². The maximum absolute atomic E-state index is 4.53. The summed E-state index contributed by atoms with van der Waals surface area (Å²) in [7, 11) is 0. The van der Waals surface area contributed by atoms with Crippen LogP contribution in [0.3, 0.4) is 0 Å². The first-order valence-corrected chi connectivity index (χ1v) is 15.8. The molecule has 0 spiro atoms. The van der Waals surface area contributed by atoms with E-state index in [0.29, 0.717) is 0 Å². The SMILES string of the molecule is C=C(CCCCC)c1cc(/C(C)=C/Cc2ccccc2C2=CCCC(c3ccccc3)=C2)ccc1NC1=CC=CCC1. The first-order chi connectivity index (χ1) is 20.6. The zero-order chi connectivity index (χ0) is 29.1. The van der Waals surface area contributed by atoms with E-state index in [1.54, 1.807) is 0 Å². The average Bonchev–Trinajstić information content (AvgIpc) is 3.05. The van der Waals surface area contributed by atoms with Gasteiger partial charge in [-0.2, -0.15) is 0 Å². The van der Waals surface area contributed by atoms with Gasteiger partial charge in [-0.3, -0.25) is 0 Å². The lowest BCUT2D eigenvalue weighted by Gasteiger charge is -2.19. The molecule has 3 aromatic carbocycles. The minimum Gasteiger partial charge on any atom is -0.358 e. The molecule has 0 heterocycles. The summed E-state index contributed by atoms with van der Waals surface area (Å²) in [5.74, 6) is 0. The Kier molecular flexibility index (Phi) is 10.3. The Morgan fingerprint density at radius 3 is 2.57 bits per heavy atom. The Hall–Kier alpha value is -4.10. The van der Waals surface area contributed by atoms with Crippen LogP contribution >= 0.6 is 0 Å². The molecular weight excluding hydrogens is 506 g/mol. The zero-order valence-electron chi connectivity index (χ0n) is 25.5. The van der Waals surface area contributed by atoms with Crippen LogP contribution in [0.5, 0.6) is 0 Å². The number of rotatable bonds is 12. The second-order valence-corrected chi connectivity index (χ2v) is 11.6. The summed E-state index contributed by atoms with van der Waals surface area (Å²) >= 11 is 0. The maximum atomic E-state index is 4.53. The summed E-state index contributed by atoms with van der Waals surface area (Å²) < 4.78 is 0. The number of benzene rings is 3. The van der Waals surface area contributed by atoms with E-state index in [1.807, 2.05) is 0 Å². The van der Waals surface area contributed by atoms with Crippen molar-refractivity contribution in [1.29, 1.82) is 0 Å². The van der Waals surface area contributed by atoms with Crippen molar-refractivity contribution in [2.75, 3.05) is 5.32 Å². The zero-order valence-corrected chi connectivity index (χ0v) is 25.5. The van der Waals surface area contributed by atoms with Crippen LogP contribution in [-0.2, 0) is 6.42 Å². The van der Waals surface area contributed by atoms with Crippen LogP contribution in [0.25, 0.3) is 22.3 Å². The van der Waals surface area contributed by atoms with E-state index in [-0.39, 0.29) is 0 Å². The largest absolute Gasteiger partial charge is 0.358 e. The monoisotopic (exact) mass is 551 g/mol. The lowest BCUT2D eigenvalue weighted by molar-refractivity contribution is 0.736. The predicted octanol–water partition coefficient (Wildman–Crippen LogP) is 11.8. The Morgan fingerprint density at radius 2 is 1.76 bits per heavy atom. The second kappa shape index (κ2) is 14.7. The average molecular weight is 552 g/mol. The molecule has 0 bridgehead atoms. The van der Waals surface area contributed by atoms with Crippen LogP contribution in [0.15, 0.2) is 122 Å². The third kappa shape index (κ3) is 7.59. The molecule has 0 radical (unpaired) electrons. The van der Waals surface area contributed by atoms with Crippen LogP contribution < -0.4 is 5.32 Å². The predicted molar refractivity (Wildman–Crippen MR) is 185 cm³/mol. The molecule has 0 saturated carbocycles. The molecule has 0 aliphatic heterocycles. The molecule has 2 aliphatic rings. The number of hydrogen-bond acceptors (Lipinski definition) is 1. The molecular formula is C41H45N. The van der Waals surface area contributed by atoms with Gasteiger partial charge in [-0.05, 0) is 115 Å². The summed E-state index contributed by atoms with van der Waals surface area (Å²) in [5, 5.41) is 3.72. The van der Waals surface area contributed by atoms with Gasteiger partial charge in [0.25, 0.3) is 0 Å². The molecule has 0 fully saturated rings. The van der Waals surface area contributed by atoms with E-state index in [9.17, 15) is 0 Å². The van der Waals surface area contributed by atoms with Crippen molar-refractivity contribution < 1.29 is 0 Å². The first-order valence-electron chi connectivity index (χ1n) is 15.8. The normalized spacial score (nSPS) is 15.1. The van der Waals surface area contributed by atoms with E-state index in [2.05, 4.69) is 135 Å². The quantitative estimate of drug-likeness (QED) is 0.221. The van der Waals surface area contributed by atoms with E-state index < -0.39 is 0 Å². The molecule has 1 N–H and O–H groups in total. The fraction of sp³-hybridized carbons (Fsp3) is 0.268. The molecule has 0 aromatic heterocycles. The number of hydrogen-bond donors (Lipinski definition) is 1. The summed E-state index contributed by atoms with van der Waals surface area (Å²) in [5.41, 5.74) is 14.3. The fourth-order valence-corrected chi connectivity index (χ4v) is 5.92. The topological polar surface area (TPSA) is 12.0 Å². The van der Waals surface area contributed by atoms with Crippen molar-refractivity contribution in [3.8, 4) is 0 Å². The Balaban J connectivity index is 1.38. The molecule has 214 valence electrons. The number of anilines is 1. The van der Waals surface area contributed by atoms with Gasteiger partial charge in [0, 0.05) is 16.9 Å². The Morgan fingerprint density at radius 1 is 0.929 bits per heavy atom. The highest BCUT2D eigenvalue weighted by Gasteiger charge is 2.13. The van der Waals surface area contributed by atoms with E-state index >= 15 is 0 Å². The highest BCUT2D eigenvalue weighted by Crippen LogP contribution is 2.34. The lowest BCUT2D eigenvalue weighted by atomic mass is 9.88. The minimum absolute atomic E-state index is 0.903. The molecule has 5 rings (SSSR count). The molecule has 1 heteroatoms. The summed E-state index contributed by atoms with van der Waals surface area (Å²) in [4.78, 5) is 0. The summed E-state index contributed by atoms with van der Waals surface area (Å²) in [6.07, 6.45) is 23.7. The highest BCUT2D eigenvalue weighted by atomic mass is 14.9. The van der Waals surface area contributed by atoms with Gasteiger partial charge in [0.1, 0.15) is 0 Å². The molecule has 0 atom stereocenters. The molecule has 42 heavy (non-hydrogen) atoms. The van der Waals surface area contributed by atoms with E-state index in [1.165, 1.54) is 80.8 Å². The number of nitrogens with one attached hydrogen (secondary N) is 1. The molecule has 3 aromatic rings. The standard InChI is InChI=1S/C41H45N/c1-4-5-8-16-32(3)40-30-35(27-28-41(40)42-38-22-11-7-12-23-38)31(2)25-26-34-19-13-14-24-39(34)37-21-15-20-36(29-37)33-17-9-6-10-18-33/h6-7,9-11,13-14,17-19,21-22,24-25,27-30,42H,3-5,8,12,15-16,20,23,26H2,1-2H3/b31-25+. The van der Waals surface area contributed by atoms with Crippen molar-refractivity contribution in [2.24, 2.45) is 0 Å². The van der Waals surface area contributed by atoms with Gasteiger partial charge in [-0.1, -0.05) is 117 Å². The second-order valence-electron chi connectivity index (χ2n) is 11.6. The van der Waals surface area contributed by atoms with Crippen LogP contribution in [-0.4, -0.2) is 0 Å². The summed E-state index contributed by atoms with van der Waals surface area (Å²) in [6.45, 7) is 9.04. The van der Waals surface area contributed by atoms with Gasteiger partial charge >= 0.3 is 0 Å². The molecule has 2 aliphatic carbocycles. The fourth-order valence-electron chi connectivity index (χ4n) is 5.92. The Bertz CT molecular complexity index is 1540. The number of unbranched alkanes of at least 4 members (excludes halogenated alkanes) is 2. The van der Waals surface area contributed by atoms with Crippen molar-refractivity contribution in [1.82, 2.24) is 0 Å². The van der Waals surface area contributed by atoms with Crippen LogP contribution in [0.2, 0.25) is 0 Å². The molecule has 0 saturated heterocycles. The van der Waals surface area contributed by atoms with Gasteiger partial charge < -0.3 is 5.32 Å². The van der Waals surface area contributed by atoms with Crippen molar-refractivity contribution in [3.05, 3.63) is 149 Å². The van der Waals surface area contributed by atoms with Crippen molar-refractivity contribution in [3.63, 3.8) is 0 Å². The van der Waals surface area contributed by atoms with Gasteiger partial charge in [0.15, 0.2) is 0 Å². The third-order valence-corrected chi connectivity index (χ3v) is 8.46. The first kappa shape index (κ1) is 29.4. The van der Waals surface area contributed by atoms with Gasteiger partial charge in [-0.25, -0.2) is 0 Å². The number of allylic oxidation sites excluding steroid dienone is 11. The van der Waals surface area contributed by atoms with Gasteiger partial charge in [0.2, 0.25) is 0 Å². The van der Waals surface area contributed by atoms with Crippen LogP contribution in [0.1, 0.15) is 93.0 Å². The highest BCUT2D eigenvalue weighted by molar-refractivity contribution is 5.87.